The minimum atomic E-state index is -0.281. The summed E-state index contributed by atoms with van der Waals surface area (Å²) in [5.41, 5.74) is 0.967. The third kappa shape index (κ3) is 3.00. The Morgan fingerprint density at radius 3 is 2.89 bits per heavy atom. The van der Waals surface area contributed by atoms with Crippen molar-refractivity contribution in [2.45, 2.75) is 38.0 Å². The first-order chi connectivity index (χ1) is 8.81. The lowest BCUT2D eigenvalue weighted by molar-refractivity contribution is 0.138. The van der Waals surface area contributed by atoms with Gasteiger partial charge in [0.2, 0.25) is 0 Å². The SMILES string of the molecule is Fc1cc(CNC2CC2)ccc1OC1CCOC1. The lowest BCUT2D eigenvalue weighted by atomic mass is 10.2. The number of hydrogen-bond donors (Lipinski definition) is 1. The monoisotopic (exact) mass is 251 g/mol. The van der Waals surface area contributed by atoms with Crippen molar-refractivity contribution in [3.05, 3.63) is 29.6 Å². The van der Waals surface area contributed by atoms with Crippen molar-refractivity contribution in [3.8, 4) is 5.75 Å². The molecule has 1 N–H and O–H groups in total. The molecule has 2 aliphatic rings. The van der Waals surface area contributed by atoms with Crippen molar-refractivity contribution in [1.29, 1.82) is 0 Å². The van der Waals surface area contributed by atoms with Crippen LogP contribution >= 0.6 is 0 Å². The number of ether oxygens (including phenoxy) is 2. The van der Waals surface area contributed by atoms with Crippen LogP contribution in [0.15, 0.2) is 18.2 Å². The van der Waals surface area contributed by atoms with Crippen LogP contribution in [0, 0.1) is 5.82 Å². The summed E-state index contributed by atoms with van der Waals surface area (Å²) in [7, 11) is 0. The van der Waals surface area contributed by atoms with Crippen LogP contribution in [0.25, 0.3) is 0 Å². The van der Waals surface area contributed by atoms with Gasteiger partial charge in [0.15, 0.2) is 11.6 Å². The summed E-state index contributed by atoms with van der Waals surface area (Å²) in [4.78, 5) is 0. The molecule has 3 rings (SSSR count). The van der Waals surface area contributed by atoms with E-state index in [9.17, 15) is 4.39 Å². The number of halogens is 1. The second-order valence-electron chi connectivity index (χ2n) is 5.02. The molecule has 3 nitrogen and oxygen atoms in total. The average molecular weight is 251 g/mol. The minimum absolute atomic E-state index is 0.00469. The van der Waals surface area contributed by atoms with E-state index in [0.29, 0.717) is 25.0 Å². The molecule has 1 unspecified atom stereocenters. The Labute approximate surface area is 106 Å². The van der Waals surface area contributed by atoms with E-state index >= 15 is 0 Å². The highest BCUT2D eigenvalue weighted by atomic mass is 19.1. The molecular formula is C14H18FNO2. The highest BCUT2D eigenvalue weighted by Gasteiger charge is 2.21. The third-order valence-electron chi connectivity index (χ3n) is 3.35. The van der Waals surface area contributed by atoms with Gasteiger partial charge < -0.3 is 14.8 Å². The van der Waals surface area contributed by atoms with Gasteiger partial charge in [0, 0.05) is 19.0 Å². The van der Waals surface area contributed by atoms with Gasteiger partial charge in [0.25, 0.3) is 0 Å². The summed E-state index contributed by atoms with van der Waals surface area (Å²) >= 11 is 0. The van der Waals surface area contributed by atoms with Gasteiger partial charge in [-0.15, -0.1) is 0 Å². The number of hydrogen-bond acceptors (Lipinski definition) is 3. The lowest BCUT2D eigenvalue weighted by Crippen LogP contribution is -2.17. The van der Waals surface area contributed by atoms with Gasteiger partial charge in [0.1, 0.15) is 6.10 Å². The van der Waals surface area contributed by atoms with Gasteiger partial charge in [0.05, 0.1) is 13.2 Å². The predicted octanol–water partition coefficient (Wildman–Crippen LogP) is 2.25. The van der Waals surface area contributed by atoms with Gasteiger partial charge in [-0.25, -0.2) is 4.39 Å². The molecule has 1 aliphatic heterocycles. The fourth-order valence-corrected chi connectivity index (χ4v) is 2.08. The zero-order valence-electron chi connectivity index (χ0n) is 10.3. The molecule has 1 aliphatic carbocycles. The standard InChI is InChI=1S/C14H18FNO2/c15-13-7-10(8-16-11-2-3-11)1-4-14(13)18-12-5-6-17-9-12/h1,4,7,11-12,16H,2-3,5-6,8-9H2. The minimum Gasteiger partial charge on any atom is -0.485 e. The van der Waals surface area contributed by atoms with E-state index in [4.69, 9.17) is 9.47 Å². The maximum absolute atomic E-state index is 13.9. The van der Waals surface area contributed by atoms with Gasteiger partial charge in [-0.3, -0.25) is 0 Å². The van der Waals surface area contributed by atoms with Crippen LogP contribution in [-0.4, -0.2) is 25.4 Å². The highest BCUT2D eigenvalue weighted by Crippen LogP contribution is 2.23. The first-order valence-electron chi connectivity index (χ1n) is 6.57. The van der Waals surface area contributed by atoms with Crippen molar-refractivity contribution in [2.24, 2.45) is 0 Å². The Hall–Kier alpha value is -1.13. The fraction of sp³-hybridized carbons (Fsp3) is 0.571. The van der Waals surface area contributed by atoms with E-state index in [1.54, 1.807) is 12.1 Å². The Balaban J connectivity index is 1.60. The van der Waals surface area contributed by atoms with Crippen LogP contribution in [-0.2, 0) is 11.3 Å². The molecule has 1 heterocycles. The van der Waals surface area contributed by atoms with Crippen molar-refractivity contribution >= 4 is 0 Å². The van der Waals surface area contributed by atoms with Gasteiger partial charge >= 0.3 is 0 Å². The van der Waals surface area contributed by atoms with Crippen LogP contribution in [0.2, 0.25) is 0 Å². The molecule has 0 radical (unpaired) electrons. The Bertz CT molecular complexity index is 414. The Morgan fingerprint density at radius 2 is 2.22 bits per heavy atom. The van der Waals surface area contributed by atoms with Crippen molar-refractivity contribution in [3.63, 3.8) is 0 Å². The van der Waals surface area contributed by atoms with Crippen LogP contribution in [0.1, 0.15) is 24.8 Å². The molecule has 0 aromatic heterocycles. The fourth-order valence-electron chi connectivity index (χ4n) is 2.08. The number of rotatable bonds is 5. The molecule has 0 amide bonds. The number of nitrogens with one attached hydrogen (secondary N) is 1. The Morgan fingerprint density at radius 1 is 1.33 bits per heavy atom. The maximum atomic E-state index is 13.9. The van der Waals surface area contributed by atoms with Crippen LogP contribution in [0.5, 0.6) is 5.75 Å². The largest absolute Gasteiger partial charge is 0.485 e. The Kier molecular flexibility index (Phi) is 3.48. The molecule has 98 valence electrons. The summed E-state index contributed by atoms with van der Waals surface area (Å²) in [5, 5.41) is 3.37. The van der Waals surface area contributed by atoms with Crippen LogP contribution in [0.3, 0.4) is 0 Å². The summed E-state index contributed by atoms with van der Waals surface area (Å²) in [5.74, 6) is 0.0534. The summed E-state index contributed by atoms with van der Waals surface area (Å²) in [6, 6.07) is 5.83. The van der Waals surface area contributed by atoms with Crippen LogP contribution in [0.4, 0.5) is 4.39 Å². The van der Waals surface area contributed by atoms with Gasteiger partial charge in [-0.05, 0) is 30.5 Å². The second kappa shape index (κ2) is 5.24. The van der Waals surface area contributed by atoms with Crippen molar-refractivity contribution in [1.82, 2.24) is 5.32 Å². The summed E-state index contributed by atoms with van der Waals surface area (Å²) in [6.45, 7) is 1.99. The van der Waals surface area contributed by atoms with E-state index in [0.717, 1.165) is 18.5 Å². The lowest BCUT2D eigenvalue weighted by Gasteiger charge is -2.13. The smallest absolute Gasteiger partial charge is 0.165 e. The van der Waals surface area contributed by atoms with Crippen LogP contribution < -0.4 is 10.1 Å². The molecule has 1 aromatic rings. The van der Waals surface area contributed by atoms with Gasteiger partial charge in [-0.2, -0.15) is 0 Å². The average Bonchev–Trinajstić information content (AvgIpc) is 3.06. The quantitative estimate of drug-likeness (QED) is 0.870. The normalized spacial score (nSPS) is 23.3. The molecule has 4 heteroatoms. The first kappa shape index (κ1) is 11.9. The second-order valence-corrected chi connectivity index (χ2v) is 5.02. The summed E-state index contributed by atoms with van der Waals surface area (Å²) in [6.07, 6.45) is 3.32. The van der Waals surface area contributed by atoms with E-state index in [1.165, 1.54) is 12.8 Å². The third-order valence-corrected chi connectivity index (χ3v) is 3.35. The molecule has 18 heavy (non-hydrogen) atoms. The topological polar surface area (TPSA) is 30.5 Å². The van der Waals surface area contributed by atoms with Gasteiger partial charge in [-0.1, -0.05) is 6.07 Å². The van der Waals surface area contributed by atoms with E-state index in [2.05, 4.69) is 5.32 Å². The highest BCUT2D eigenvalue weighted by molar-refractivity contribution is 5.29. The molecule has 2 fully saturated rings. The predicted molar refractivity (Wildman–Crippen MR) is 66.1 cm³/mol. The molecule has 1 aromatic carbocycles. The molecular weight excluding hydrogens is 233 g/mol. The number of benzene rings is 1. The molecule has 0 bridgehead atoms. The molecule has 1 saturated carbocycles. The summed E-state index contributed by atoms with van der Waals surface area (Å²) < 4.78 is 24.6. The van der Waals surface area contributed by atoms with Crippen molar-refractivity contribution < 1.29 is 13.9 Å². The van der Waals surface area contributed by atoms with Crippen molar-refractivity contribution in [2.75, 3.05) is 13.2 Å². The first-order valence-corrected chi connectivity index (χ1v) is 6.57. The molecule has 1 saturated heterocycles. The van der Waals surface area contributed by atoms with E-state index in [-0.39, 0.29) is 11.9 Å². The molecule has 0 spiro atoms. The molecule has 1 atom stereocenters. The van der Waals surface area contributed by atoms with E-state index in [1.807, 2.05) is 6.07 Å². The maximum Gasteiger partial charge on any atom is 0.165 e. The van der Waals surface area contributed by atoms with E-state index < -0.39 is 0 Å². The zero-order chi connectivity index (χ0) is 12.4. The zero-order valence-corrected chi connectivity index (χ0v) is 10.3.